The number of carbonyl (C=O) groups is 2. The van der Waals surface area contributed by atoms with E-state index in [0.717, 1.165) is 0 Å². The molecule has 2 aromatic rings. The number of hydrogen-bond donors (Lipinski definition) is 4. The monoisotopic (exact) mass is 584 g/mol. The third kappa shape index (κ3) is 3.70. The molecule has 3 saturated carbocycles. The minimum Gasteiger partial charge on any atom is -0.461 e. The SMILES string of the molecule is C[C@@]12C[C@@]3(O)O[C@@H](O1)[C@]1(COC(=O)c4ccccc4)[C@H]3C[C@]12O[C@H]1O[C@H](COC(=O)c2ccccc2)[C@@H](O)[C@H](O)[C@H]1O. The predicted octanol–water partition coefficient (Wildman–Crippen LogP) is 0.507. The summed E-state index contributed by atoms with van der Waals surface area (Å²) >= 11 is 0. The van der Waals surface area contributed by atoms with Gasteiger partial charge in [-0.2, -0.15) is 0 Å². The minimum absolute atomic E-state index is 0.0572. The number of benzene rings is 2. The van der Waals surface area contributed by atoms with Crippen LogP contribution in [0.2, 0.25) is 0 Å². The van der Waals surface area contributed by atoms with Gasteiger partial charge in [0.25, 0.3) is 0 Å². The van der Waals surface area contributed by atoms with Crippen molar-refractivity contribution in [1.29, 1.82) is 0 Å². The van der Waals surface area contributed by atoms with Gasteiger partial charge in [0, 0.05) is 12.3 Å². The molecule has 12 heteroatoms. The lowest BCUT2D eigenvalue weighted by Crippen LogP contribution is -2.80. The summed E-state index contributed by atoms with van der Waals surface area (Å²) in [7, 11) is 0. The molecule has 0 aromatic heterocycles. The number of rotatable bonds is 8. The third-order valence-electron chi connectivity index (χ3n) is 9.78. The van der Waals surface area contributed by atoms with Gasteiger partial charge in [0.15, 0.2) is 18.4 Å². The maximum Gasteiger partial charge on any atom is 0.338 e. The van der Waals surface area contributed by atoms with Crippen LogP contribution >= 0.6 is 0 Å². The summed E-state index contributed by atoms with van der Waals surface area (Å²) < 4.78 is 35.7. The molecule has 0 amide bonds. The van der Waals surface area contributed by atoms with Gasteiger partial charge in [0.05, 0.1) is 16.5 Å². The van der Waals surface area contributed by atoms with Crippen molar-refractivity contribution in [3.63, 3.8) is 0 Å². The molecule has 2 aromatic carbocycles. The highest BCUT2D eigenvalue weighted by molar-refractivity contribution is 5.89. The van der Waals surface area contributed by atoms with Crippen LogP contribution in [0, 0.1) is 11.3 Å². The minimum atomic E-state index is -1.69. The average molecular weight is 585 g/mol. The van der Waals surface area contributed by atoms with E-state index < -0.39 is 83.9 Å². The molecule has 4 saturated heterocycles. The van der Waals surface area contributed by atoms with Gasteiger partial charge in [-0.3, -0.25) is 0 Å². The second-order valence-electron chi connectivity index (χ2n) is 12.0. The van der Waals surface area contributed by atoms with Crippen molar-refractivity contribution in [2.75, 3.05) is 13.2 Å². The summed E-state index contributed by atoms with van der Waals surface area (Å²) in [6.07, 6.45) is -8.34. The zero-order valence-electron chi connectivity index (χ0n) is 22.7. The van der Waals surface area contributed by atoms with E-state index in [-0.39, 0.29) is 19.4 Å². The second kappa shape index (κ2) is 9.53. The summed E-state index contributed by atoms with van der Waals surface area (Å²) in [5.74, 6) is -3.25. The molecule has 4 heterocycles. The average Bonchev–Trinajstić information content (AvgIpc) is 3.18. The molecule has 4 N–H and O–H groups in total. The first-order chi connectivity index (χ1) is 20.0. The van der Waals surface area contributed by atoms with Crippen molar-refractivity contribution in [2.45, 2.75) is 73.8 Å². The van der Waals surface area contributed by atoms with Crippen LogP contribution in [0.15, 0.2) is 60.7 Å². The molecule has 4 aliphatic heterocycles. The maximum absolute atomic E-state index is 12.9. The Morgan fingerprint density at radius 2 is 1.50 bits per heavy atom. The van der Waals surface area contributed by atoms with Gasteiger partial charge in [-0.1, -0.05) is 36.4 Å². The van der Waals surface area contributed by atoms with E-state index in [2.05, 4.69) is 0 Å². The fraction of sp³-hybridized carbons (Fsp3) is 0.533. The lowest BCUT2D eigenvalue weighted by Gasteiger charge is -2.67. The fourth-order valence-corrected chi connectivity index (χ4v) is 7.68. The van der Waals surface area contributed by atoms with Crippen LogP contribution in [0.1, 0.15) is 40.5 Å². The quantitative estimate of drug-likeness (QED) is 0.318. The summed E-state index contributed by atoms with van der Waals surface area (Å²) in [6, 6.07) is 16.7. The lowest BCUT2D eigenvalue weighted by atomic mass is 9.41. The van der Waals surface area contributed by atoms with E-state index in [1.165, 1.54) is 0 Å². The largest absolute Gasteiger partial charge is 0.461 e. The Balaban J connectivity index is 1.13. The van der Waals surface area contributed by atoms with Crippen LogP contribution in [0.4, 0.5) is 0 Å². The van der Waals surface area contributed by atoms with E-state index in [9.17, 15) is 30.0 Å². The fourth-order valence-electron chi connectivity index (χ4n) is 7.68. The molecule has 12 nitrogen and oxygen atoms in total. The standard InChI is InChI=1S/C30H32O12/c1-27-14-29(36)19-12-30(27,28(19,26(41-27)42-29)15-38-24(35)17-10-6-3-7-11-17)40-25-22(33)21(32)20(31)18(39-25)13-37-23(34)16-8-4-2-5-9-16/h2-11,18-22,25-26,31-33,36H,12-15H2,1H3/t18-,19-,20-,21+,22-,25-,26-,27+,28+,29-,30-/m1/s1. The van der Waals surface area contributed by atoms with E-state index in [4.69, 9.17) is 28.4 Å². The molecule has 42 heavy (non-hydrogen) atoms. The van der Waals surface area contributed by atoms with Crippen molar-refractivity contribution >= 4 is 11.9 Å². The van der Waals surface area contributed by atoms with Crippen LogP contribution in [-0.4, -0.2) is 99.6 Å². The summed E-state index contributed by atoms with van der Waals surface area (Å²) in [5.41, 5.74) is -2.88. The van der Waals surface area contributed by atoms with Gasteiger partial charge >= 0.3 is 11.9 Å². The van der Waals surface area contributed by atoms with Gasteiger partial charge in [-0.25, -0.2) is 9.59 Å². The van der Waals surface area contributed by atoms with Crippen molar-refractivity contribution < 1.29 is 58.4 Å². The van der Waals surface area contributed by atoms with Gasteiger partial charge in [0.2, 0.25) is 0 Å². The molecule has 7 fully saturated rings. The van der Waals surface area contributed by atoms with Crippen LogP contribution in [0.3, 0.4) is 0 Å². The zero-order chi connectivity index (χ0) is 29.5. The lowest BCUT2D eigenvalue weighted by molar-refractivity contribution is -0.424. The van der Waals surface area contributed by atoms with Crippen molar-refractivity contribution in [1.82, 2.24) is 0 Å². The Morgan fingerprint density at radius 3 is 2.14 bits per heavy atom. The number of carbonyl (C=O) groups excluding carboxylic acids is 2. The summed E-state index contributed by atoms with van der Waals surface area (Å²) in [5, 5.41) is 43.6. The number of hydrogen-bond acceptors (Lipinski definition) is 12. The number of esters is 2. The Kier molecular flexibility index (Phi) is 6.32. The highest BCUT2D eigenvalue weighted by atomic mass is 16.8. The molecule has 224 valence electrons. The van der Waals surface area contributed by atoms with Gasteiger partial charge < -0.3 is 48.8 Å². The molecule has 7 aliphatic rings. The van der Waals surface area contributed by atoms with E-state index >= 15 is 0 Å². The number of aliphatic hydroxyl groups is 4. The number of ether oxygens (including phenoxy) is 6. The molecular formula is C30H32O12. The van der Waals surface area contributed by atoms with Crippen molar-refractivity contribution in [3.8, 4) is 0 Å². The van der Waals surface area contributed by atoms with Crippen LogP contribution in [0.5, 0.6) is 0 Å². The van der Waals surface area contributed by atoms with Crippen LogP contribution in [0.25, 0.3) is 0 Å². The van der Waals surface area contributed by atoms with E-state index in [1.54, 1.807) is 67.6 Å². The first-order valence-electron chi connectivity index (χ1n) is 13.9. The smallest absolute Gasteiger partial charge is 0.338 e. The molecule has 9 rings (SSSR count). The first-order valence-corrected chi connectivity index (χ1v) is 13.9. The van der Waals surface area contributed by atoms with Gasteiger partial charge in [-0.15, -0.1) is 0 Å². The van der Waals surface area contributed by atoms with Crippen molar-refractivity contribution in [3.05, 3.63) is 71.8 Å². The van der Waals surface area contributed by atoms with E-state index in [0.29, 0.717) is 11.1 Å². The molecule has 6 bridgehead atoms. The van der Waals surface area contributed by atoms with Gasteiger partial charge in [-0.05, 0) is 37.6 Å². The maximum atomic E-state index is 12.9. The predicted molar refractivity (Wildman–Crippen MR) is 138 cm³/mol. The summed E-state index contributed by atoms with van der Waals surface area (Å²) in [4.78, 5) is 25.4. The van der Waals surface area contributed by atoms with E-state index in [1.807, 2.05) is 0 Å². The zero-order valence-corrected chi connectivity index (χ0v) is 22.7. The Morgan fingerprint density at radius 1 is 0.881 bits per heavy atom. The van der Waals surface area contributed by atoms with Gasteiger partial charge in [0.1, 0.15) is 48.8 Å². The number of aliphatic hydroxyl groups excluding tert-OH is 3. The first kappa shape index (κ1) is 27.9. The van der Waals surface area contributed by atoms with Crippen LogP contribution < -0.4 is 0 Å². The normalized spacial score (nSPS) is 44.5. The topological polar surface area (TPSA) is 170 Å². The Hall–Kier alpha value is -2.94. The van der Waals surface area contributed by atoms with Crippen molar-refractivity contribution in [2.24, 2.45) is 11.3 Å². The molecular weight excluding hydrogens is 552 g/mol. The Bertz CT molecular complexity index is 1370. The highest BCUT2D eigenvalue weighted by Crippen LogP contribution is 2.81. The molecule has 11 atom stereocenters. The Labute approximate surface area is 240 Å². The molecule has 3 aliphatic carbocycles. The molecule has 0 unspecified atom stereocenters. The van der Waals surface area contributed by atoms with Crippen LogP contribution in [-0.2, 0) is 28.4 Å². The second-order valence-corrected chi connectivity index (χ2v) is 12.0. The molecule has 0 spiro atoms. The highest BCUT2D eigenvalue weighted by Gasteiger charge is 2.94. The molecule has 0 radical (unpaired) electrons. The third-order valence-corrected chi connectivity index (χ3v) is 9.78. The summed E-state index contributed by atoms with van der Waals surface area (Å²) in [6.45, 7) is 1.12.